The predicted octanol–water partition coefficient (Wildman–Crippen LogP) is -0.328. The van der Waals surface area contributed by atoms with Crippen LogP contribution in [0, 0.1) is 0 Å². The van der Waals surface area contributed by atoms with Crippen molar-refractivity contribution in [1.82, 2.24) is 24.6 Å². The molecule has 18 heavy (non-hydrogen) atoms. The van der Waals surface area contributed by atoms with Crippen molar-refractivity contribution in [2.75, 3.05) is 39.3 Å². The molecule has 1 aromatic heterocycles. The highest BCUT2D eigenvalue weighted by molar-refractivity contribution is 4.85. The summed E-state index contributed by atoms with van der Waals surface area (Å²) in [7, 11) is 1.95. The van der Waals surface area contributed by atoms with Gasteiger partial charge in [0.1, 0.15) is 12.2 Å². The number of rotatable bonds is 6. The molecule has 2 rings (SSSR count). The first kappa shape index (κ1) is 13.5. The molecule has 102 valence electrons. The number of unbranched alkanes of at least 4 members (excludes halogenated alkanes) is 1. The van der Waals surface area contributed by atoms with Crippen molar-refractivity contribution in [2.45, 2.75) is 19.4 Å². The van der Waals surface area contributed by atoms with Crippen molar-refractivity contribution in [3.63, 3.8) is 0 Å². The van der Waals surface area contributed by atoms with E-state index in [1.165, 1.54) is 13.0 Å². The molecular formula is C12H24N6. The van der Waals surface area contributed by atoms with E-state index in [1.54, 1.807) is 6.33 Å². The van der Waals surface area contributed by atoms with Crippen molar-refractivity contribution in [1.29, 1.82) is 0 Å². The number of nitrogens with zero attached hydrogens (tertiary/aromatic N) is 5. The van der Waals surface area contributed by atoms with Crippen LogP contribution >= 0.6 is 0 Å². The lowest BCUT2D eigenvalue weighted by molar-refractivity contribution is 0.122. The van der Waals surface area contributed by atoms with E-state index < -0.39 is 0 Å². The van der Waals surface area contributed by atoms with Crippen LogP contribution in [0.4, 0.5) is 0 Å². The van der Waals surface area contributed by atoms with Gasteiger partial charge in [-0.3, -0.25) is 9.58 Å². The van der Waals surface area contributed by atoms with Gasteiger partial charge in [0.05, 0.1) is 6.54 Å². The summed E-state index contributed by atoms with van der Waals surface area (Å²) in [6, 6.07) is 0. The first-order chi connectivity index (χ1) is 8.79. The van der Waals surface area contributed by atoms with Crippen LogP contribution in [-0.2, 0) is 13.6 Å². The number of nitrogens with two attached hydrogens (primary N) is 1. The van der Waals surface area contributed by atoms with E-state index in [4.69, 9.17) is 5.73 Å². The monoisotopic (exact) mass is 252 g/mol. The first-order valence-corrected chi connectivity index (χ1v) is 6.77. The Balaban J connectivity index is 1.69. The van der Waals surface area contributed by atoms with Gasteiger partial charge in [0, 0.05) is 33.2 Å². The van der Waals surface area contributed by atoms with Gasteiger partial charge in [-0.15, -0.1) is 0 Å². The van der Waals surface area contributed by atoms with Crippen LogP contribution in [0.25, 0.3) is 0 Å². The van der Waals surface area contributed by atoms with Crippen LogP contribution < -0.4 is 5.73 Å². The van der Waals surface area contributed by atoms with Gasteiger partial charge in [0.15, 0.2) is 0 Å². The lowest BCUT2D eigenvalue weighted by atomic mass is 10.2. The van der Waals surface area contributed by atoms with Crippen molar-refractivity contribution in [3.05, 3.63) is 12.2 Å². The molecule has 2 heterocycles. The van der Waals surface area contributed by atoms with E-state index in [0.29, 0.717) is 0 Å². The molecule has 0 unspecified atom stereocenters. The normalized spacial score (nSPS) is 18.3. The van der Waals surface area contributed by atoms with Crippen molar-refractivity contribution in [2.24, 2.45) is 12.8 Å². The Morgan fingerprint density at radius 3 is 2.50 bits per heavy atom. The Morgan fingerprint density at radius 2 is 1.89 bits per heavy atom. The maximum atomic E-state index is 5.51. The van der Waals surface area contributed by atoms with E-state index in [2.05, 4.69) is 19.9 Å². The Hall–Kier alpha value is -0.980. The van der Waals surface area contributed by atoms with Crippen LogP contribution in [0.15, 0.2) is 6.33 Å². The molecule has 0 saturated carbocycles. The second-order valence-corrected chi connectivity index (χ2v) is 4.91. The molecule has 6 nitrogen and oxygen atoms in total. The van der Waals surface area contributed by atoms with Gasteiger partial charge in [-0.05, 0) is 25.9 Å². The third kappa shape index (κ3) is 3.76. The number of aromatic nitrogens is 3. The quantitative estimate of drug-likeness (QED) is 0.703. The SMILES string of the molecule is Cn1ncnc1CN1CCN(CCCCN)CC1. The summed E-state index contributed by atoms with van der Waals surface area (Å²) in [6.45, 7) is 7.46. The Labute approximate surface area is 109 Å². The van der Waals surface area contributed by atoms with E-state index in [0.717, 1.165) is 51.5 Å². The molecule has 0 bridgehead atoms. The van der Waals surface area contributed by atoms with Gasteiger partial charge in [0.25, 0.3) is 0 Å². The summed E-state index contributed by atoms with van der Waals surface area (Å²) in [4.78, 5) is 9.25. The minimum Gasteiger partial charge on any atom is -0.330 e. The maximum Gasteiger partial charge on any atom is 0.140 e. The van der Waals surface area contributed by atoms with Crippen molar-refractivity contribution >= 4 is 0 Å². The summed E-state index contributed by atoms with van der Waals surface area (Å²) >= 11 is 0. The molecule has 1 fully saturated rings. The van der Waals surface area contributed by atoms with Crippen LogP contribution in [0.2, 0.25) is 0 Å². The molecule has 1 aromatic rings. The molecule has 0 aliphatic carbocycles. The smallest absolute Gasteiger partial charge is 0.140 e. The topological polar surface area (TPSA) is 63.2 Å². The van der Waals surface area contributed by atoms with E-state index in [1.807, 2.05) is 11.7 Å². The number of aryl methyl sites for hydroxylation is 1. The molecule has 0 radical (unpaired) electrons. The zero-order valence-electron chi connectivity index (χ0n) is 11.3. The zero-order chi connectivity index (χ0) is 12.8. The number of piperazine rings is 1. The minimum atomic E-state index is 0.812. The summed E-state index contributed by atoms with van der Waals surface area (Å²) in [5, 5.41) is 4.10. The minimum absolute atomic E-state index is 0.812. The highest BCUT2D eigenvalue weighted by Gasteiger charge is 2.17. The lowest BCUT2D eigenvalue weighted by Crippen LogP contribution is -2.46. The van der Waals surface area contributed by atoms with Gasteiger partial charge in [-0.1, -0.05) is 0 Å². The van der Waals surface area contributed by atoms with Crippen molar-refractivity contribution < 1.29 is 0 Å². The number of hydrogen-bond acceptors (Lipinski definition) is 5. The van der Waals surface area contributed by atoms with E-state index in [-0.39, 0.29) is 0 Å². The Kier molecular flexibility index (Phi) is 5.10. The first-order valence-electron chi connectivity index (χ1n) is 6.77. The molecule has 0 aromatic carbocycles. The second-order valence-electron chi connectivity index (χ2n) is 4.91. The summed E-state index contributed by atoms with van der Waals surface area (Å²) < 4.78 is 1.85. The average molecular weight is 252 g/mol. The van der Waals surface area contributed by atoms with Crippen LogP contribution in [0.5, 0.6) is 0 Å². The largest absolute Gasteiger partial charge is 0.330 e. The Morgan fingerprint density at radius 1 is 1.17 bits per heavy atom. The number of hydrogen-bond donors (Lipinski definition) is 1. The fourth-order valence-electron chi connectivity index (χ4n) is 2.31. The van der Waals surface area contributed by atoms with Crippen LogP contribution in [-0.4, -0.2) is 63.8 Å². The molecular weight excluding hydrogens is 228 g/mol. The highest BCUT2D eigenvalue weighted by atomic mass is 15.3. The summed E-state index contributed by atoms with van der Waals surface area (Å²) in [5.41, 5.74) is 5.51. The molecule has 1 saturated heterocycles. The van der Waals surface area contributed by atoms with Gasteiger partial charge >= 0.3 is 0 Å². The predicted molar refractivity (Wildman–Crippen MR) is 71.0 cm³/mol. The molecule has 1 aliphatic heterocycles. The Bertz CT molecular complexity index is 342. The zero-order valence-corrected chi connectivity index (χ0v) is 11.3. The lowest BCUT2D eigenvalue weighted by Gasteiger charge is -2.34. The summed E-state index contributed by atoms with van der Waals surface area (Å²) in [6.07, 6.45) is 3.98. The molecule has 0 spiro atoms. The standard InChI is InChI=1S/C12H24N6/c1-16-12(14-11-15-16)10-18-8-6-17(7-9-18)5-3-2-4-13/h11H,2-10,13H2,1H3. The average Bonchev–Trinajstić information content (AvgIpc) is 2.78. The van der Waals surface area contributed by atoms with Gasteiger partial charge in [-0.2, -0.15) is 5.10 Å². The highest BCUT2D eigenvalue weighted by Crippen LogP contribution is 2.06. The molecule has 1 aliphatic rings. The second kappa shape index (κ2) is 6.82. The van der Waals surface area contributed by atoms with Gasteiger partial charge in [0.2, 0.25) is 0 Å². The van der Waals surface area contributed by atoms with Crippen LogP contribution in [0.3, 0.4) is 0 Å². The fourth-order valence-corrected chi connectivity index (χ4v) is 2.31. The van der Waals surface area contributed by atoms with Crippen molar-refractivity contribution in [3.8, 4) is 0 Å². The summed E-state index contributed by atoms with van der Waals surface area (Å²) in [5.74, 6) is 1.05. The molecule has 0 atom stereocenters. The molecule has 0 amide bonds. The van der Waals surface area contributed by atoms with Crippen LogP contribution in [0.1, 0.15) is 18.7 Å². The third-order valence-corrected chi connectivity index (χ3v) is 3.56. The van der Waals surface area contributed by atoms with Gasteiger partial charge < -0.3 is 10.6 Å². The molecule has 2 N–H and O–H groups in total. The van der Waals surface area contributed by atoms with E-state index >= 15 is 0 Å². The van der Waals surface area contributed by atoms with E-state index in [9.17, 15) is 0 Å². The maximum absolute atomic E-state index is 5.51. The van der Waals surface area contributed by atoms with Gasteiger partial charge in [-0.25, -0.2) is 4.98 Å². The fraction of sp³-hybridized carbons (Fsp3) is 0.833. The molecule has 6 heteroatoms. The third-order valence-electron chi connectivity index (χ3n) is 3.56.